The van der Waals surface area contributed by atoms with Gasteiger partial charge in [-0.25, -0.2) is 4.98 Å². The molecule has 0 spiro atoms. The highest BCUT2D eigenvalue weighted by atomic mass is 19.4. The van der Waals surface area contributed by atoms with Gasteiger partial charge in [-0.05, 0) is 73.1 Å². The second-order valence-corrected chi connectivity index (χ2v) is 9.81. The van der Waals surface area contributed by atoms with Crippen LogP contribution in [0.15, 0.2) is 54.8 Å². The first kappa shape index (κ1) is 24.0. The average Bonchev–Trinajstić information content (AvgIpc) is 3.09. The number of aryl methyl sites for hydroxylation is 1. The van der Waals surface area contributed by atoms with Gasteiger partial charge in [0.1, 0.15) is 5.75 Å². The number of ether oxygens (including phenoxy) is 1. The van der Waals surface area contributed by atoms with Crippen LogP contribution in [-0.4, -0.2) is 21.0 Å². The summed E-state index contributed by atoms with van der Waals surface area (Å²) >= 11 is 0. The Labute approximate surface area is 197 Å². The Morgan fingerprint density at radius 3 is 2.62 bits per heavy atom. The van der Waals surface area contributed by atoms with E-state index in [4.69, 9.17) is 4.98 Å². The third kappa shape index (κ3) is 5.85. The number of benzene rings is 2. The number of aromatic nitrogens is 2. The third-order valence-corrected chi connectivity index (χ3v) is 6.34. The third-order valence-electron chi connectivity index (χ3n) is 6.34. The maximum Gasteiger partial charge on any atom is 0.573 e. The number of rotatable bonds is 7. The van der Waals surface area contributed by atoms with Gasteiger partial charge >= 0.3 is 6.36 Å². The van der Waals surface area contributed by atoms with Gasteiger partial charge < -0.3 is 19.7 Å². The molecule has 3 aromatic rings. The highest BCUT2D eigenvalue weighted by molar-refractivity contribution is 5.81. The Hall–Kier alpha value is -3.16. The maximum absolute atomic E-state index is 12.5. The zero-order valence-electron chi connectivity index (χ0n) is 19.5. The van der Waals surface area contributed by atoms with E-state index in [1.165, 1.54) is 18.6 Å². The molecule has 4 rings (SSSR count). The van der Waals surface area contributed by atoms with Crippen LogP contribution in [0, 0.1) is 5.41 Å². The normalized spacial score (nSPS) is 18.1. The highest BCUT2D eigenvalue weighted by Crippen LogP contribution is 2.43. The fourth-order valence-corrected chi connectivity index (χ4v) is 4.79. The first-order valence-corrected chi connectivity index (χ1v) is 11.5. The second-order valence-electron chi connectivity index (χ2n) is 9.81. The number of fused-ring (bicyclic) bond motifs is 1. The molecule has 1 aliphatic rings. The molecule has 8 heteroatoms. The molecular formula is C26H30F3N3O2. The molecule has 1 heterocycles. The van der Waals surface area contributed by atoms with Crippen molar-refractivity contribution < 1.29 is 23.0 Å². The lowest BCUT2D eigenvalue weighted by Gasteiger charge is -2.36. The van der Waals surface area contributed by atoms with Gasteiger partial charge in [0.25, 0.3) is 0 Å². The number of aliphatic hydroxyl groups excluding tert-OH is 1. The van der Waals surface area contributed by atoms with Gasteiger partial charge in [-0.15, -0.1) is 13.2 Å². The number of aliphatic hydroxyl groups is 1. The number of nitrogens with zero attached hydrogens (tertiary/aromatic N) is 2. The molecule has 0 radical (unpaired) electrons. The van der Waals surface area contributed by atoms with E-state index in [9.17, 15) is 18.3 Å². The first-order valence-electron chi connectivity index (χ1n) is 11.5. The summed E-state index contributed by atoms with van der Waals surface area (Å²) in [5.41, 5.74) is 3.74. The second kappa shape index (κ2) is 9.24. The zero-order chi connectivity index (χ0) is 24.5. The van der Waals surface area contributed by atoms with Crippen molar-refractivity contribution >= 4 is 22.7 Å². The van der Waals surface area contributed by atoms with E-state index in [1.807, 2.05) is 12.1 Å². The molecule has 0 amide bonds. The molecule has 1 fully saturated rings. The van der Waals surface area contributed by atoms with Crippen molar-refractivity contribution in [2.45, 2.75) is 64.8 Å². The van der Waals surface area contributed by atoms with Crippen LogP contribution >= 0.6 is 0 Å². The molecule has 1 aliphatic carbocycles. The van der Waals surface area contributed by atoms with E-state index >= 15 is 0 Å². The predicted octanol–water partition coefficient (Wildman–Crippen LogP) is 7.82. The SMILES string of the molecule is C=C(O)CCc1ccc2c(c1)nc(Nc1ccc(OC(F)(F)F)cc1)n2C1CCCC(C)(C)C1. The van der Waals surface area contributed by atoms with E-state index in [2.05, 4.69) is 41.1 Å². The minimum absolute atomic E-state index is 0.148. The summed E-state index contributed by atoms with van der Waals surface area (Å²) < 4.78 is 43.7. The van der Waals surface area contributed by atoms with Gasteiger partial charge in [0.2, 0.25) is 5.95 Å². The summed E-state index contributed by atoms with van der Waals surface area (Å²) in [6.07, 6.45) is 0.770. The Bertz CT molecular complexity index is 1170. The van der Waals surface area contributed by atoms with Crippen molar-refractivity contribution in [1.82, 2.24) is 9.55 Å². The number of allylic oxidation sites excluding steroid dienone is 1. The number of halogens is 3. The Kier molecular flexibility index (Phi) is 6.51. The van der Waals surface area contributed by atoms with Gasteiger partial charge in [0.05, 0.1) is 16.8 Å². The van der Waals surface area contributed by atoms with Crippen molar-refractivity contribution in [3.8, 4) is 5.75 Å². The van der Waals surface area contributed by atoms with Crippen molar-refractivity contribution in [1.29, 1.82) is 0 Å². The van der Waals surface area contributed by atoms with E-state index < -0.39 is 6.36 Å². The largest absolute Gasteiger partial charge is 0.573 e. The lowest BCUT2D eigenvalue weighted by Crippen LogP contribution is -2.25. The van der Waals surface area contributed by atoms with Crippen LogP contribution in [0.3, 0.4) is 0 Å². The monoisotopic (exact) mass is 473 g/mol. The lowest BCUT2D eigenvalue weighted by molar-refractivity contribution is -0.274. The number of alkyl halides is 3. The van der Waals surface area contributed by atoms with Crippen molar-refractivity contribution in [3.05, 3.63) is 60.4 Å². The molecule has 1 aromatic heterocycles. The molecule has 5 nitrogen and oxygen atoms in total. The van der Waals surface area contributed by atoms with Crippen LogP contribution in [0.25, 0.3) is 11.0 Å². The average molecular weight is 474 g/mol. The fourth-order valence-electron chi connectivity index (χ4n) is 4.79. The Balaban J connectivity index is 1.68. The number of nitrogens with one attached hydrogen (secondary N) is 1. The van der Waals surface area contributed by atoms with Gasteiger partial charge in [-0.2, -0.15) is 0 Å². The molecule has 182 valence electrons. The number of hydrogen-bond acceptors (Lipinski definition) is 4. The highest BCUT2D eigenvalue weighted by Gasteiger charge is 2.32. The fraction of sp³-hybridized carbons (Fsp3) is 0.423. The first-order chi connectivity index (χ1) is 16.0. The van der Waals surface area contributed by atoms with E-state index in [0.29, 0.717) is 24.5 Å². The van der Waals surface area contributed by atoms with E-state index in [1.54, 1.807) is 12.1 Å². The van der Waals surface area contributed by atoms with Crippen molar-refractivity contribution in [2.75, 3.05) is 5.32 Å². The maximum atomic E-state index is 12.5. The van der Waals surface area contributed by atoms with E-state index in [-0.39, 0.29) is 23.0 Å². The number of imidazole rings is 1. The molecule has 0 bridgehead atoms. The topological polar surface area (TPSA) is 59.3 Å². The van der Waals surface area contributed by atoms with Crippen molar-refractivity contribution in [3.63, 3.8) is 0 Å². The van der Waals surface area contributed by atoms with Crippen LogP contribution in [0.5, 0.6) is 5.75 Å². The smallest absolute Gasteiger partial charge is 0.513 e. The summed E-state index contributed by atoms with van der Waals surface area (Å²) in [4.78, 5) is 4.86. The van der Waals surface area contributed by atoms with Crippen LogP contribution in [0.1, 0.15) is 57.6 Å². The van der Waals surface area contributed by atoms with Crippen LogP contribution in [0.4, 0.5) is 24.8 Å². The summed E-state index contributed by atoms with van der Waals surface area (Å²) in [5, 5.41) is 12.8. The van der Waals surface area contributed by atoms with Gasteiger partial charge in [-0.1, -0.05) is 32.9 Å². The lowest BCUT2D eigenvalue weighted by atomic mass is 9.75. The number of anilines is 2. The number of hydrogen-bond donors (Lipinski definition) is 2. The molecule has 2 aromatic carbocycles. The molecular weight excluding hydrogens is 443 g/mol. The van der Waals surface area contributed by atoms with Crippen LogP contribution in [-0.2, 0) is 6.42 Å². The molecule has 34 heavy (non-hydrogen) atoms. The summed E-state index contributed by atoms with van der Waals surface area (Å²) in [6.45, 7) is 8.12. The Morgan fingerprint density at radius 1 is 1.24 bits per heavy atom. The minimum atomic E-state index is -4.73. The molecule has 2 N–H and O–H groups in total. The molecule has 1 atom stereocenters. The van der Waals surface area contributed by atoms with Gasteiger partial charge in [-0.3, -0.25) is 0 Å². The van der Waals surface area contributed by atoms with Crippen LogP contribution < -0.4 is 10.1 Å². The molecule has 0 saturated heterocycles. The summed E-state index contributed by atoms with van der Waals surface area (Å²) in [6, 6.07) is 12.1. The van der Waals surface area contributed by atoms with Crippen LogP contribution in [0.2, 0.25) is 0 Å². The minimum Gasteiger partial charge on any atom is -0.513 e. The predicted molar refractivity (Wildman–Crippen MR) is 128 cm³/mol. The quantitative estimate of drug-likeness (QED) is 0.343. The van der Waals surface area contributed by atoms with Gasteiger partial charge in [0.15, 0.2) is 0 Å². The molecule has 1 saturated carbocycles. The molecule has 1 unspecified atom stereocenters. The Morgan fingerprint density at radius 2 is 1.97 bits per heavy atom. The summed E-state index contributed by atoms with van der Waals surface area (Å²) in [5.74, 6) is 0.539. The zero-order valence-corrected chi connectivity index (χ0v) is 19.5. The van der Waals surface area contributed by atoms with E-state index in [0.717, 1.165) is 35.9 Å². The summed E-state index contributed by atoms with van der Waals surface area (Å²) in [7, 11) is 0. The van der Waals surface area contributed by atoms with Gasteiger partial charge in [0, 0.05) is 18.2 Å². The molecule has 0 aliphatic heterocycles. The van der Waals surface area contributed by atoms with Crippen molar-refractivity contribution in [2.24, 2.45) is 5.41 Å². The standard InChI is InChI=1S/C26H30F3N3O2/c1-17(33)6-7-18-8-13-23-22(15-18)31-24(32(23)20-5-4-14-25(2,3)16-20)30-19-9-11-21(12-10-19)34-26(27,28)29/h8-13,15,20,33H,1,4-7,14,16H2,2-3H3,(H,30,31).